The zero-order valence-corrected chi connectivity index (χ0v) is 13.6. The van der Waals surface area contributed by atoms with Crippen molar-refractivity contribution in [3.8, 4) is 0 Å². The third-order valence-electron chi connectivity index (χ3n) is 3.59. The molecule has 2 heterocycles. The molecule has 1 aromatic rings. The van der Waals surface area contributed by atoms with Gasteiger partial charge in [0.05, 0.1) is 11.9 Å². The molecule has 1 amide bonds. The standard InChI is InChI=1S/C12H18ClN3O4S/c1-9-10(12(13)20-14-9)3-4-11(17)15-5-7-16(8-6-15)21(2,18)19/h3-8H2,1-2H3. The molecule has 9 heteroatoms. The molecule has 0 aromatic carbocycles. The van der Waals surface area contributed by atoms with Crippen LogP contribution in [0.1, 0.15) is 17.7 Å². The molecule has 0 saturated carbocycles. The summed E-state index contributed by atoms with van der Waals surface area (Å²) in [4.78, 5) is 13.8. The van der Waals surface area contributed by atoms with Crippen LogP contribution in [0, 0.1) is 6.92 Å². The number of sulfonamides is 1. The van der Waals surface area contributed by atoms with Crippen molar-refractivity contribution in [1.29, 1.82) is 0 Å². The first-order chi connectivity index (χ1) is 9.79. The van der Waals surface area contributed by atoms with Gasteiger partial charge in [0, 0.05) is 38.2 Å². The number of piperazine rings is 1. The molecule has 0 spiro atoms. The lowest BCUT2D eigenvalue weighted by atomic mass is 10.1. The summed E-state index contributed by atoms with van der Waals surface area (Å²) >= 11 is 5.86. The second-order valence-corrected chi connectivity index (χ2v) is 7.39. The monoisotopic (exact) mass is 335 g/mol. The van der Waals surface area contributed by atoms with Gasteiger partial charge in [0.15, 0.2) is 0 Å². The van der Waals surface area contributed by atoms with Crippen molar-refractivity contribution in [2.75, 3.05) is 32.4 Å². The van der Waals surface area contributed by atoms with Crippen LogP contribution in [-0.2, 0) is 21.2 Å². The summed E-state index contributed by atoms with van der Waals surface area (Å²) in [7, 11) is -3.18. The zero-order valence-electron chi connectivity index (χ0n) is 12.0. The van der Waals surface area contributed by atoms with E-state index in [4.69, 9.17) is 16.1 Å². The van der Waals surface area contributed by atoms with Gasteiger partial charge in [-0.2, -0.15) is 4.31 Å². The van der Waals surface area contributed by atoms with Gasteiger partial charge in [-0.25, -0.2) is 8.42 Å². The summed E-state index contributed by atoms with van der Waals surface area (Å²) in [6, 6.07) is 0. The molecule has 1 saturated heterocycles. The fourth-order valence-electron chi connectivity index (χ4n) is 2.30. The van der Waals surface area contributed by atoms with E-state index in [1.54, 1.807) is 11.8 Å². The Labute approximate surface area is 128 Å². The number of carbonyl (C=O) groups excluding carboxylic acids is 1. The van der Waals surface area contributed by atoms with Crippen molar-refractivity contribution < 1.29 is 17.7 Å². The SMILES string of the molecule is Cc1noc(Cl)c1CCC(=O)N1CCN(S(C)(=O)=O)CC1. The number of amides is 1. The van der Waals surface area contributed by atoms with E-state index in [0.717, 1.165) is 5.56 Å². The third kappa shape index (κ3) is 3.96. The molecule has 118 valence electrons. The van der Waals surface area contributed by atoms with Crippen LogP contribution in [0.4, 0.5) is 0 Å². The van der Waals surface area contributed by atoms with Gasteiger partial charge in [-0.15, -0.1) is 0 Å². The summed E-state index contributed by atoms with van der Waals surface area (Å²) in [5, 5.41) is 3.96. The van der Waals surface area contributed by atoms with Gasteiger partial charge in [-0.1, -0.05) is 5.16 Å². The number of carbonyl (C=O) groups is 1. The summed E-state index contributed by atoms with van der Waals surface area (Å²) < 4.78 is 29.0. The highest BCUT2D eigenvalue weighted by molar-refractivity contribution is 7.88. The van der Waals surface area contributed by atoms with E-state index in [-0.39, 0.29) is 11.1 Å². The summed E-state index contributed by atoms with van der Waals surface area (Å²) in [6.45, 7) is 3.31. The Morgan fingerprint density at radius 3 is 2.43 bits per heavy atom. The van der Waals surface area contributed by atoms with Crippen LogP contribution < -0.4 is 0 Å². The number of aromatic nitrogens is 1. The maximum atomic E-state index is 12.1. The fourth-order valence-corrected chi connectivity index (χ4v) is 3.39. The summed E-state index contributed by atoms with van der Waals surface area (Å²) in [6.07, 6.45) is 1.96. The van der Waals surface area contributed by atoms with Crippen LogP contribution in [0.25, 0.3) is 0 Å². The number of rotatable bonds is 4. The van der Waals surface area contributed by atoms with Gasteiger partial charge in [0.25, 0.3) is 0 Å². The third-order valence-corrected chi connectivity index (χ3v) is 5.19. The maximum Gasteiger partial charge on any atom is 0.229 e. The quantitative estimate of drug-likeness (QED) is 0.807. The van der Waals surface area contributed by atoms with Crippen molar-refractivity contribution >= 4 is 27.5 Å². The molecule has 1 aliphatic heterocycles. The Hall–Kier alpha value is -1.12. The molecular formula is C12H18ClN3O4S. The Balaban J connectivity index is 1.86. The first-order valence-electron chi connectivity index (χ1n) is 6.62. The van der Waals surface area contributed by atoms with Crippen LogP contribution in [-0.4, -0.2) is 61.1 Å². The maximum absolute atomic E-state index is 12.1. The lowest BCUT2D eigenvalue weighted by Gasteiger charge is -2.33. The minimum absolute atomic E-state index is 0.0141. The molecule has 0 bridgehead atoms. The first-order valence-corrected chi connectivity index (χ1v) is 8.85. The molecule has 0 radical (unpaired) electrons. The second kappa shape index (κ2) is 6.33. The molecule has 1 aliphatic rings. The summed E-state index contributed by atoms with van der Waals surface area (Å²) in [5.41, 5.74) is 1.44. The summed E-state index contributed by atoms with van der Waals surface area (Å²) in [5.74, 6) is -0.0141. The lowest BCUT2D eigenvalue weighted by molar-refractivity contribution is -0.132. The van der Waals surface area contributed by atoms with E-state index in [0.29, 0.717) is 44.7 Å². The van der Waals surface area contributed by atoms with Crippen molar-refractivity contribution in [2.24, 2.45) is 0 Å². The normalized spacial score (nSPS) is 17.2. The van der Waals surface area contributed by atoms with Gasteiger partial charge in [0.2, 0.25) is 21.1 Å². The molecule has 7 nitrogen and oxygen atoms in total. The van der Waals surface area contributed by atoms with Gasteiger partial charge in [-0.05, 0) is 24.9 Å². The number of hydrogen-bond acceptors (Lipinski definition) is 5. The van der Waals surface area contributed by atoms with E-state index in [2.05, 4.69) is 5.16 Å². The second-order valence-electron chi connectivity index (χ2n) is 5.06. The Kier molecular flexibility index (Phi) is 4.90. The topological polar surface area (TPSA) is 83.7 Å². The van der Waals surface area contributed by atoms with Crippen LogP contribution >= 0.6 is 11.6 Å². The zero-order chi connectivity index (χ0) is 15.6. The van der Waals surface area contributed by atoms with Crippen molar-refractivity contribution in [1.82, 2.24) is 14.4 Å². The van der Waals surface area contributed by atoms with Gasteiger partial charge in [0.1, 0.15) is 0 Å². The average Bonchev–Trinajstić information content (AvgIpc) is 2.75. The smallest absolute Gasteiger partial charge is 0.229 e. The van der Waals surface area contributed by atoms with E-state index < -0.39 is 10.0 Å². The van der Waals surface area contributed by atoms with Gasteiger partial charge in [-0.3, -0.25) is 4.79 Å². The molecular weight excluding hydrogens is 318 g/mol. The van der Waals surface area contributed by atoms with Crippen molar-refractivity contribution in [3.05, 3.63) is 16.5 Å². The van der Waals surface area contributed by atoms with Crippen LogP contribution in [0.2, 0.25) is 5.22 Å². The number of nitrogens with zero attached hydrogens (tertiary/aromatic N) is 3. The van der Waals surface area contributed by atoms with E-state index in [1.165, 1.54) is 10.6 Å². The molecule has 0 N–H and O–H groups in total. The molecule has 0 unspecified atom stereocenters. The molecule has 21 heavy (non-hydrogen) atoms. The van der Waals surface area contributed by atoms with Crippen LogP contribution in [0.3, 0.4) is 0 Å². The molecule has 0 atom stereocenters. The number of hydrogen-bond donors (Lipinski definition) is 0. The fraction of sp³-hybridized carbons (Fsp3) is 0.667. The average molecular weight is 336 g/mol. The molecule has 1 aromatic heterocycles. The first kappa shape index (κ1) is 16.3. The van der Waals surface area contributed by atoms with Gasteiger partial charge < -0.3 is 9.42 Å². The predicted octanol–water partition coefficient (Wildman–Crippen LogP) is 0.673. The van der Waals surface area contributed by atoms with Gasteiger partial charge >= 0.3 is 0 Å². The Morgan fingerprint density at radius 2 is 1.95 bits per heavy atom. The minimum Gasteiger partial charge on any atom is -0.344 e. The van der Waals surface area contributed by atoms with E-state index >= 15 is 0 Å². The molecule has 1 fully saturated rings. The van der Waals surface area contributed by atoms with Crippen molar-refractivity contribution in [3.63, 3.8) is 0 Å². The number of aryl methyl sites for hydroxylation is 1. The van der Waals surface area contributed by atoms with E-state index in [1.807, 2.05) is 0 Å². The van der Waals surface area contributed by atoms with Crippen LogP contribution in [0.15, 0.2) is 4.52 Å². The predicted molar refractivity (Wildman–Crippen MR) is 77.6 cm³/mol. The highest BCUT2D eigenvalue weighted by Gasteiger charge is 2.26. The Morgan fingerprint density at radius 1 is 1.33 bits per heavy atom. The van der Waals surface area contributed by atoms with E-state index in [9.17, 15) is 13.2 Å². The largest absolute Gasteiger partial charge is 0.344 e. The highest BCUT2D eigenvalue weighted by atomic mass is 35.5. The van der Waals surface area contributed by atoms with Crippen molar-refractivity contribution in [2.45, 2.75) is 19.8 Å². The molecule has 2 rings (SSSR count). The minimum atomic E-state index is -3.18. The lowest BCUT2D eigenvalue weighted by Crippen LogP contribution is -2.50. The Bertz CT molecular complexity index is 601. The highest BCUT2D eigenvalue weighted by Crippen LogP contribution is 2.21. The number of halogens is 1. The molecule has 0 aliphatic carbocycles. The van der Waals surface area contributed by atoms with Crippen LogP contribution in [0.5, 0.6) is 0 Å².